The zero-order chi connectivity index (χ0) is 22.0. The summed E-state index contributed by atoms with van der Waals surface area (Å²) in [6.45, 7) is 9.60. The van der Waals surface area contributed by atoms with E-state index in [0.29, 0.717) is 17.9 Å². The number of ether oxygens (including phenoxy) is 1. The minimum atomic E-state index is -0.647. The van der Waals surface area contributed by atoms with Crippen LogP contribution < -0.4 is 4.74 Å². The molecule has 0 amide bonds. The molecular weight excluding hydrogens is 386 g/mol. The smallest absolute Gasteiger partial charge is 0.306 e. The maximum Gasteiger partial charge on any atom is 0.306 e. The summed E-state index contributed by atoms with van der Waals surface area (Å²) in [5.41, 5.74) is 1.29. The van der Waals surface area contributed by atoms with Crippen LogP contribution in [0.2, 0.25) is 0 Å². The highest BCUT2D eigenvalue weighted by atomic mass is 16.5. The molecule has 1 aliphatic carbocycles. The number of carboxylic acids is 1. The quantitative estimate of drug-likeness (QED) is 0.621. The molecule has 2 fully saturated rings. The van der Waals surface area contributed by atoms with Gasteiger partial charge < -0.3 is 9.84 Å². The molecule has 1 saturated heterocycles. The van der Waals surface area contributed by atoms with Crippen molar-refractivity contribution in [1.29, 1.82) is 0 Å². The number of likely N-dealkylation sites (tertiary alicyclic amines) is 1. The van der Waals surface area contributed by atoms with E-state index in [0.717, 1.165) is 50.6 Å². The summed E-state index contributed by atoms with van der Waals surface area (Å²) in [6.07, 6.45) is 5.55. The molecule has 1 N–H and O–H groups in total. The molecule has 1 saturated carbocycles. The van der Waals surface area contributed by atoms with Gasteiger partial charge in [0.15, 0.2) is 0 Å². The first-order valence-electron chi connectivity index (χ1n) is 12.0. The van der Waals surface area contributed by atoms with Crippen molar-refractivity contribution < 1.29 is 14.6 Å². The monoisotopic (exact) mass is 423 g/mol. The highest BCUT2D eigenvalue weighted by Gasteiger charge is 2.32. The Kier molecular flexibility index (Phi) is 6.86. The first kappa shape index (κ1) is 22.1. The Balaban J connectivity index is 1.42. The molecule has 4 rings (SSSR count). The van der Waals surface area contributed by atoms with Crippen LogP contribution in [0, 0.1) is 23.7 Å². The summed E-state index contributed by atoms with van der Waals surface area (Å²) < 4.78 is 6.53. The van der Waals surface area contributed by atoms with Gasteiger partial charge in [-0.15, -0.1) is 0 Å². The second-order valence-electron chi connectivity index (χ2n) is 10.2. The normalized spacial score (nSPS) is 25.7. The lowest BCUT2D eigenvalue weighted by atomic mass is 9.75. The maximum absolute atomic E-state index is 11.2. The highest BCUT2D eigenvalue weighted by Crippen LogP contribution is 2.36. The van der Waals surface area contributed by atoms with Gasteiger partial charge >= 0.3 is 5.97 Å². The Morgan fingerprint density at radius 3 is 2.48 bits per heavy atom. The molecule has 0 bridgehead atoms. The van der Waals surface area contributed by atoms with Gasteiger partial charge in [-0.1, -0.05) is 45.4 Å². The van der Waals surface area contributed by atoms with Gasteiger partial charge in [-0.25, -0.2) is 0 Å². The lowest BCUT2D eigenvalue weighted by molar-refractivity contribution is -0.143. The lowest BCUT2D eigenvalue weighted by Crippen LogP contribution is -2.36. The van der Waals surface area contributed by atoms with E-state index in [4.69, 9.17) is 4.74 Å². The Morgan fingerprint density at radius 1 is 1.06 bits per heavy atom. The fourth-order valence-corrected chi connectivity index (χ4v) is 5.47. The van der Waals surface area contributed by atoms with Crippen LogP contribution in [0.4, 0.5) is 0 Å². The van der Waals surface area contributed by atoms with Crippen LogP contribution >= 0.6 is 0 Å². The van der Waals surface area contributed by atoms with Crippen molar-refractivity contribution in [3.8, 4) is 5.75 Å². The standard InChI is InChI=1S/C27H37NO3/c1-18(2)25-9-4-19(3)14-26(25)31-24-8-7-22-15-20(5-6-23(22)16-24)17-28-12-10-21(11-13-28)27(29)30/h5-8,15-16,18-19,21,25-26H,4,9-14,17H2,1-3H3,(H,29,30)/t19-,25+,26?/m1/s1. The number of rotatable bonds is 6. The third-order valence-corrected chi connectivity index (χ3v) is 7.47. The molecule has 4 heteroatoms. The number of fused-ring (bicyclic) bond motifs is 1. The van der Waals surface area contributed by atoms with Crippen LogP contribution in [0.3, 0.4) is 0 Å². The van der Waals surface area contributed by atoms with Crippen molar-refractivity contribution in [2.45, 2.75) is 65.5 Å². The summed E-state index contributed by atoms with van der Waals surface area (Å²) >= 11 is 0. The van der Waals surface area contributed by atoms with E-state index >= 15 is 0 Å². The van der Waals surface area contributed by atoms with Gasteiger partial charge in [-0.2, -0.15) is 0 Å². The SMILES string of the molecule is CC(C)[C@@H]1CC[C@@H](C)CC1Oc1ccc2cc(CN3CCC(C(=O)O)CC3)ccc2c1. The van der Waals surface area contributed by atoms with Crippen LogP contribution in [0.5, 0.6) is 5.75 Å². The molecule has 0 spiro atoms. The van der Waals surface area contributed by atoms with Crippen LogP contribution in [-0.2, 0) is 11.3 Å². The molecule has 31 heavy (non-hydrogen) atoms. The van der Waals surface area contributed by atoms with E-state index in [2.05, 4.69) is 62.1 Å². The molecule has 168 valence electrons. The van der Waals surface area contributed by atoms with Crippen molar-refractivity contribution in [1.82, 2.24) is 4.90 Å². The summed E-state index contributed by atoms with van der Waals surface area (Å²) in [6, 6.07) is 13.2. The number of carbonyl (C=O) groups is 1. The van der Waals surface area contributed by atoms with Crippen LogP contribution in [0.15, 0.2) is 36.4 Å². The summed E-state index contributed by atoms with van der Waals surface area (Å²) in [4.78, 5) is 13.5. The Labute approximate surface area is 186 Å². The Bertz CT molecular complexity index is 900. The predicted octanol–water partition coefficient (Wildman–Crippen LogP) is 5.98. The van der Waals surface area contributed by atoms with Gasteiger partial charge in [0.1, 0.15) is 11.9 Å². The van der Waals surface area contributed by atoms with Crippen molar-refractivity contribution in [3.63, 3.8) is 0 Å². The number of hydrogen-bond donors (Lipinski definition) is 1. The van der Waals surface area contributed by atoms with E-state index in [9.17, 15) is 9.90 Å². The van der Waals surface area contributed by atoms with Gasteiger partial charge in [0.05, 0.1) is 5.92 Å². The van der Waals surface area contributed by atoms with E-state index in [1.165, 1.54) is 29.2 Å². The lowest BCUT2D eigenvalue weighted by Gasteiger charge is -2.37. The topological polar surface area (TPSA) is 49.8 Å². The molecule has 2 aliphatic rings. The van der Waals surface area contributed by atoms with E-state index in [-0.39, 0.29) is 5.92 Å². The predicted molar refractivity (Wildman–Crippen MR) is 125 cm³/mol. The van der Waals surface area contributed by atoms with Crippen LogP contribution in [0.1, 0.15) is 58.4 Å². The van der Waals surface area contributed by atoms with Gasteiger partial charge in [-0.05, 0) is 91.1 Å². The van der Waals surface area contributed by atoms with Gasteiger partial charge in [0.2, 0.25) is 0 Å². The second-order valence-corrected chi connectivity index (χ2v) is 10.2. The molecule has 4 nitrogen and oxygen atoms in total. The molecule has 0 radical (unpaired) electrons. The Hall–Kier alpha value is -2.07. The third kappa shape index (κ3) is 5.41. The molecule has 1 heterocycles. The van der Waals surface area contributed by atoms with Crippen LogP contribution in [0.25, 0.3) is 10.8 Å². The summed E-state index contributed by atoms with van der Waals surface area (Å²) in [5, 5.41) is 11.6. The van der Waals surface area contributed by atoms with Gasteiger partial charge in [0, 0.05) is 6.54 Å². The minimum absolute atomic E-state index is 0.172. The third-order valence-electron chi connectivity index (χ3n) is 7.47. The molecule has 0 aromatic heterocycles. The summed E-state index contributed by atoms with van der Waals surface area (Å²) in [5.74, 6) is 2.20. The number of aliphatic carboxylic acids is 1. The average Bonchev–Trinajstić information content (AvgIpc) is 2.74. The second kappa shape index (κ2) is 9.60. The van der Waals surface area contributed by atoms with Gasteiger partial charge in [0.25, 0.3) is 0 Å². The fraction of sp³-hybridized carbons (Fsp3) is 0.593. The molecule has 2 aromatic carbocycles. The minimum Gasteiger partial charge on any atom is -0.490 e. The zero-order valence-corrected chi connectivity index (χ0v) is 19.2. The number of carboxylic acid groups (broad SMARTS) is 1. The van der Waals surface area contributed by atoms with Gasteiger partial charge in [-0.3, -0.25) is 9.69 Å². The van der Waals surface area contributed by atoms with Crippen molar-refractivity contribution in [2.24, 2.45) is 23.7 Å². The zero-order valence-electron chi connectivity index (χ0n) is 19.2. The molecule has 1 unspecified atom stereocenters. The number of hydrogen-bond acceptors (Lipinski definition) is 3. The van der Waals surface area contributed by atoms with Crippen molar-refractivity contribution in [2.75, 3.05) is 13.1 Å². The first-order chi connectivity index (χ1) is 14.9. The molecular formula is C27H37NO3. The van der Waals surface area contributed by atoms with Crippen LogP contribution in [-0.4, -0.2) is 35.2 Å². The first-order valence-corrected chi connectivity index (χ1v) is 12.0. The maximum atomic E-state index is 11.2. The largest absolute Gasteiger partial charge is 0.490 e. The van der Waals surface area contributed by atoms with E-state index in [1.54, 1.807) is 0 Å². The number of nitrogens with zero attached hydrogens (tertiary/aromatic N) is 1. The highest BCUT2D eigenvalue weighted by molar-refractivity contribution is 5.84. The van der Waals surface area contributed by atoms with Crippen molar-refractivity contribution in [3.05, 3.63) is 42.0 Å². The fourth-order valence-electron chi connectivity index (χ4n) is 5.47. The molecule has 2 aromatic rings. The number of piperidine rings is 1. The Morgan fingerprint density at radius 2 is 1.77 bits per heavy atom. The average molecular weight is 424 g/mol. The molecule has 1 aliphatic heterocycles. The summed E-state index contributed by atoms with van der Waals surface area (Å²) in [7, 11) is 0. The molecule has 3 atom stereocenters. The van der Waals surface area contributed by atoms with E-state index in [1.807, 2.05) is 0 Å². The number of benzene rings is 2. The van der Waals surface area contributed by atoms with Crippen molar-refractivity contribution >= 4 is 16.7 Å². The van der Waals surface area contributed by atoms with E-state index < -0.39 is 5.97 Å².